The Hall–Kier alpha value is -3.05. The van der Waals surface area contributed by atoms with E-state index in [1.165, 1.54) is 11.0 Å². The number of alkyl halides is 3. The van der Waals surface area contributed by atoms with Crippen molar-refractivity contribution in [3.8, 4) is 0 Å². The summed E-state index contributed by atoms with van der Waals surface area (Å²) >= 11 is 0. The van der Waals surface area contributed by atoms with Crippen LogP contribution in [-0.4, -0.2) is 37.1 Å². The van der Waals surface area contributed by atoms with E-state index in [1.54, 1.807) is 0 Å². The van der Waals surface area contributed by atoms with Crippen molar-refractivity contribution in [2.24, 2.45) is 0 Å². The van der Waals surface area contributed by atoms with Crippen molar-refractivity contribution in [3.05, 3.63) is 46.0 Å². The number of carbonyl (C=O) groups is 1. The van der Waals surface area contributed by atoms with Crippen LogP contribution in [0.1, 0.15) is 22.5 Å². The quantitative estimate of drug-likeness (QED) is 0.481. The smallest absolute Gasteiger partial charge is 0.390 e. The molecule has 0 aromatic carbocycles. The number of pyridine rings is 1. The van der Waals surface area contributed by atoms with Crippen LogP contribution in [-0.2, 0) is 12.7 Å². The molecule has 2 aromatic heterocycles. The number of hydrogen-bond acceptors (Lipinski definition) is 6. The number of nitrogens with zero attached hydrogens (tertiary/aromatic N) is 5. The van der Waals surface area contributed by atoms with Gasteiger partial charge in [0.2, 0.25) is 6.33 Å². The van der Waals surface area contributed by atoms with E-state index in [-0.39, 0.29) is 18.7 Å². The van der Waals surface area contributed by atoms with Crippen LogP contribution in [0.5, 0.6) is 0 Å². The highest BCUT2D eigenvalue weighted by Crippen LogP contribution is 2.27. The second kappa shape index (κ2) is 7.02. The molecule has 9 nitrogen and oxygen atoms in total. The van der Waals surface area contributed by atoms with E-state index in [2.05, 4.69) is 20.4 Å². The van der Waals surface area contributed by atoms with Gasteiger partial charge in [-0.05, 0) is 23.5 Å². The largest absolute Gasteiger partial charge is 0.490 e. The summed E-state index contributed by atoms with van der Waals surface area (Å²) in [4.78, 5) is 28.1. The molecule has 0 saturated heterocycles. The van der Waals surface area contributed by atoms with Gasteiger partial charge in [0.15, 0.2) is 0 Å². The highest BCUT2D eigenvalue weighted by molar-refractivity contribution is 5.93. The standard InChI is InChI=1S/C12H11F3N6O3/c13-12(14,15)9-3-2-8(6-17-9)10(22)16-4-1-5-20-7-18-11(19-20)21(23)24/h2-3,6-7H,1,4-5H2,(H,16,22). The maximum absolute atomic E-state index is 12.4. The molecule has 128 valence electrons. The highest BCUT2D eigenvalue weighted by Gasteiger charge is 2.32. The maximum Gasteiger partial charge on any atom is 0.490 e. The Morgan fingerprint density at radius 2 is 2.08 bits per heavy atom. The summed E-state index contributed by atoms with van der Waals surface area (Å²) in [6.07, 6.45) is -2.12. The molecular formula is C12H11F3N6O3. The molecule has 2 heterocycles. The molecule has 1 N–H and O–H groups in total. The van der Waals surface area contributed by atoms with E-state index >= 15 is 0 Å². The molecule has 0 radical (unpaired) electrons. The fraction of sp³-hybridized carbons (Fsp3) is 0.333. The lowest BCUT2D eigenvalue weighted by Crippen LogP contribution is -2.25. The van der Waals surface area contributed by atoms with Crippen LogP contribution in [0.4, 0.5) is 19.1 Å². The second-order valence-electron chi connectivity index (χ2n) is 4.60. The van der Waals surface area contributed by atoms with Crippen LogP contribution in [0, 0.1) is 10.1 Å². The van der Waals surface area contributed by atoms with Gasteiger partial charge in [-0.15, -0.1) is 0 Å². The Labute approximate surface area is 132 Å². The summed E-state index contributed by atoms with van der Waals surface area (Å²) in [5.74, 6) is -1.09. The van der Waals surface area contributed by atoms with Crippen LogP contribution in [0.25, 0.3) is 0 Å². The van der Waals surface area contributed by atoms with Gasteiger partial charge in [-0.25, -0.2) is 0 Å². The van der Waals surface area contributed by atoms with Gasteiger partial charge in [-0.2, -0.15) is 17.9 Å². The minimum absolute atomic E-state index is 0.000561. The minimum atomic E-state index is -4.56. The van der Waals surface area contributed by atoms with Crippen molar-refractivity contribution in [2.75, 3.05) is 6.54 Å². The Balaban J connectivity index is 1.79. The normalized spacial score (nSPS) is 11.3. The van der Waals surface area contributed by atoms with Gasteiger partial charge in [0.05, 0.1) is 12.1 Å². The zero-order valence-corrected chi connectivity index (χ0v) is 12.0. The third kappa shape index (κ3) is 4.47. The predicted octanol–water partition coefficient (Wildman–Crippen LogP) is 1.42. The molecular weight excluding hydrogens is 333 g/mol. The van der Waals surface area contributed by atoms with E-state index in [4.69, 9.17) is 0 Å². The van der Waals surface area contributed by atoms with E-state index in [0.717, 1.165) is 18.3 Å². The Bertz CT molecular complexity index is 728. The predicted molar refractivity (Wildman–Crippen MR) is 72.9 cm³/mol. The molecule has 0 saturated carbocycles. The number of nitrogens with one attached hydrogen (secondary N) is 1. The summed E-state index contributed by atoms with van der Waals surface area (Å²) in [6.45, 7) is 0.486. The zero-order chi connectivity index (χ0) is 17.7. The first-order valence-electron chi connectivity index (χ1n) is 6.62. The summed E-state index contributed by atoms with van der Waals surface area (Å²) in [6, 6.07) is 1.76. The molecule has 0 unspecified atom stereocenters. The molecule has 0 aliphatic carbocycles. The number of aromatic nitrogens is 4. The molecule has 2 aromatic rings. The third-order valence-electron chi connectivity index (χ3n) is 2.85. The number of amides is 1. The van der Waals surface area contributed by atoms with Gasteiger partial charge in [0, 0.05) is 17.8 Å². The van der Waals surface area contributed by atoms with Crippen LogP contribution >= 0.6 is 0 Å². The van der Waals surface area contributed by atoms with Gasteiger partial charge >= 0.3 is 12.1 Å². The Morgan fingerprint density at radius 3 is 2.62 bits per heavy atom. The fourth-order valence-electron chi connectivity index (χ4n) is 1.72. The molecule has 0 fully saturated rings. The van der Waals surface area contributed by atoms with Gasteiger partial charge in [-0.1, -0.05) is 4.98 Å². The fourth-order valence-corrected chi connectivity index (χ4v) is 1.72. The number of aryl methyl sites for hydroxylation is 1. The number of nitro groups is 1. The van der Waals surface area contributed by atoms with Crippen molar-refractivity contribution >= 4 is 11.9 Å². The maximum atomic E-state index is 12.4. The lowest BCUT2D eigenvalue weighted by Gasteiger charge is -2.07. The van der Waals surface area contributed by atoms with Crippen molar-refractivity contribution in [1.29, 1.82) is 0 Å². The first-order chi connectivity index (χ1) is 11.3. The summed E-state index contributed by atoms with van der Waals surface area (Å²) < 4.78 is 38.3. The molecule has 24 heavy (non-hydrogen) atoms. The van der Waals surface area contributed by atoms with E-state index < -0.39 is 28.6 Å². The van der Waals surface area contributed by atoms with Crippen LogP contribution < -0.4 is 5.32 Å². The van der Waals surface area contributed by atoms with E-state index in [1.807, 2.05) is 0 Å². The SMILES string of the molecule is O=C(NCCCn1cnc([N+](=O)[O-])n1)c1ccc(C(F)(F)F)nc1. The number of halogens is 3. The molecule has 0 aliphatic rings. The lowest BCUT2D eigenvalue weighted by molar-refractivity contribution is -0.394. The van der Waals surface area contributed by atoms with Crippen LogP contribution in [0.15, 0.2) is 24.7 Å². The molecule has 0 bridgehead atoms. The van der Waals surface area contributed by atoms with Crippen molar-refractivity contribution in [3.63, 3.8) is 0 Å². The summed E-state index contributed by atoms with van der Waals surface area (Å²) in [5, 5.41) is 16.5. The third-order valence-corrected chi connectivity index (χ3v) is 2.85. The van der Waals surface area contributed by atoms with Crippen molar-refractivity contribution in [2.45, 2.75) is 19.1 Å². The second-order valence-corrected chi connectivity index (χ2v) is 4.60. The first kappa shape index (κ1) is 17.3. The summed E-state index contributed by atoms with van der Waals surface area (Å²) in [7, 11) is 0. The average Bonchev–Trinajstić information content (AvgIpc) is 3.00. The Morgan fingerprint density at radius 1 is 1.33 bits per heavy atom. The Kier molecular flexibility index (Phi) is 5.06. The molecule has 0 atom stereocenters. The first-order valence-corrected chi connectivity index (χ1v) is 6.62. The molecule has 1 amide bonds. The van der Waals surface area contributed by atoms with E-state index in [9.17, 15) is 28.1 Å². The monoisotopic (exact) mass is 344 g/mol. The number of rotatable bonds is 6. The highest BCUT2D eigenvalue weighted by atomic mass is 19.4. The summed E-state index contributed by atoms with van der Waals surface area (Å²) in [5.41, 5.74) is -1.08. The minimum Gasteiger partial charge on any atom is -0.390 e. The zero-order valence-electron chi connectivity index (χ0n) is 12.0. The van der Waals surface area contributed by atoms with Crippen LogP contribution in [0.2, 0.25) is 0 Å². The molecule has 12 heteroatoms. The van der Waals surface area contributed by atoms with Crippen LogP contribution in [0.3, 0.4) is 0 Å². The van der Waals surface area contributed by atoms with Gasteiger partial charge in [-0.3, -0.25) is 9.78 Å². The molecule has 0 spiro atoms. The van der Waals surface area contributed by atoms with E-state index in [0.29, 0.717) is 6.42 Å². The topological polar surface area (TPSA) is 116 Å². The van der Waals surface area contributed by atoms with Crippen molar-refractivity contribution in [1.82, 2.24) is 25.1 Å². The molecule has 2 rings (SSSR count). The molecule has 0 aliphatic heterocycles. The van der Waals surface area contributed by atoms with Gasteiger partial charge in [0.1, 0.15) is 5.69 Å². The average molecular weight is 344 g/mol. The van der Waals surface area contributed by atoms with Gasteiger partial charge in [0.25, 0.3) is 5.91 Å². The van der Waals surface area contributed by atoms with Crippen molar-refractivity contribution < 1.29 is 22.9 Å². The van der Waals surface area contributed by atoms with Gasteiger partial charge < -0.3 is 15.4 Å². The lowest BCUT2D eigenvalue weighted by atomic mass is 10.2. The number of hydrogen-bond donors (Lipinski definition) is 1. The number of carbonyl (C=O) groups excluding carboxylic acids is 1.